The summed E-state index contributed by atoms with van der Waals surface area (Å²) in [5.74, 6) is 0. The molecule has 18 heavy (non-hydrogen) atoms. The van der Waals surface area contributed by atoms with E-state index in [0.29, 0.717) is 6.54 Å². The summed E-state index contributed by atoms with van der Waals surface area (Å²) in [5, 5.41) is 8.85. The van der Waals surface area contributed by atoms with Crippen molar-refractivity contribution < 1.29 is 0 Å². The molecule has 1 unspecified atom stereocenters. The summed E-state index contributed by atoms with van der Waals surface area (Å²) in [7, 11) is 1.91. The number of hydrogen-bond donors (Lipinski definition) is 1. The van der Waals surface area contributed by atoms with E-state index in [-0.39, 0.29) is 6.04 Å². The fourth-order valence-electron chi connectivity index (χ4n) is 2.50. The van der Waals surface area contributed by atoms with Crippen LogP contribution in [0.4, 0.5) is 0 Å². The molecule has 0 aliphatic carbocycles. The van der Waals surface area contributed by atoms with Gasteiger partial charge in [-0.2, -0.15) is 10.2 Å². The minimum Gasteiger partial charge on any atom is -0.328 e. The average molecular weight is 247 g/mol. The molecule has 0 aliphatic rings. The van der Waals surface area contributed by atoms with Gasteiger partial charge in [-0.05, 0) is 25.8 Å². The maximum Gasteiger partial charge on any atom is 0.0924 e. The van der Waals surface area contributed by atoms with Crippen LogP contribution < -0.4 is 5.73 Å². The zero-order valence-corrected chi connectivity index (χ0v) is 11.5. The first kappa shape index (κ1) is 12.8. The van der Waals surface area contributed by atoms with Gasteiger partial charge >= 0.3 is 0 Å². The number of nitrogens with two attached hydrogens (primary N) is 1. The van der Waals surface area contributed by atoms with E-state index in [9.17, 15) is 0 Å². The Morgan fingerprint density at radius 2 is 2.11 bits per heavy atom. The molecule has 2 aromatic heterocycles. The monoisotopic (exact) mass is 247 g/mol. The smallest absolute Gasteiger partial charge is 0.0924 e. The Morgan fingerprint density at radius 3 is 2.56 bits per heavy atom. The highest BCUT2D eigenvalue weighted by molar-refractivity contribution is 5.26. The number of aromatic nitrogens is 4. The van der Waals surface area contributed by atoms with Crippen molar-refractivity contribution in [3.8, 4) is 0 Å². The van der Waals surface area contributed by atoms with Crippen LogP contribution in [0.5, 0.6) is 0 Å². The van der Waals surface area contributed by atoms with E-state index in [1.807, 2.05) is 24.1 Å². The summed E-state index contributed by atoms with van der Waals surface area (Å²) in [6.45, 7) is 6.84. The average Bonchev–Trinajstić information content (AvgIpc) is 2.86. The summed E-state index contributed by atoms with van der Waals surface area (Å²) < 4.78 is 3.83. The number of rotatable bonds is 4. The molecule has 5 heteroatoms. The molecule has 2 heterocycles. The molecule has 0 aliphatic heterocycles. The zero-order chi connectivity index (χ0) is 13.3. The highest BCUT2D eigenvalue weighted by Gasteiger charge is 2.19. The molecule has 0 bridgehead atoms. The molecular weight excluding hydrogens is 226 g/mol. The molecule has 0 spiro atoms. The number of nitrogens with zero attached hydrogens (tertiary/aromatic N) is 4. The summed E-state index contributed by atoms with van der Waals surface area (Å²) in [4.78, 5) is 0. The van der Waals surface area contributed by atoms with Crippen LogP contribution >= 0.6 is 0 Å². The molecule has 0 saturated heterocycles. The summed E-state index contributed by atoms with van der Waals surface area (Å²) in [6, 6.07) is 0.0673. The first-order valence-corrected chi connectivity index (χ1v) is 6.31. The van der Waals surface area contributed by atoms with Gasteiger partial charge < -0.3 is 5.73 Å². The second kappa shape index (κ2) is 4.94. The summed E-state index contributed by atoms with van der Waals surface area (Å²) >= 11 is 0. The maximum absolute atomic E-state index is 5.92. The zero-order valence-electron chi connectivity index (χ0n) is 11.5. The van der Waals surface area contributed by atoms with Gasteiger partial charge in [-0.15, -0.1) is 0 Å². The fourth-order valence-corrected chi connectivity index (χ4v) is 2.50. The van der Waals surface area contributed by atoms with Crippen molar-refractivity contribution in [1.82, 2.24) is 19.6 Å². The number of aryl methyl sites for hydroxylation is 2. The minimum absolute atomic E-state index is 0.0673. The van der Waals surface area contributed by atoms with Crippen LogP contribution in [-0.4, -0.2) is 26.1 Å². The van der Waals surface area contributed by atoms with E-state index >= 15 is 0 Å². The Bertz CT molecular complexity index is 538. The standard InChI is InChI=1S/C13H21N5/c1-5-12-9(2)16-18(10(12)3)13(6-14)11-7-15-17(4)8-11/h7-8,13H,5-6,14H2,1-4H3. The molecule has 2 aromatic rings. The van der Waals surface area contributed by atoms with Crippen molar-refractivity contribution in [2.24, 2.45) is 12.8 Å². The summed E-state index contributed by atoms with van der Waals surface area (Å²) in [6.07, 6.45) is 4.86. The van der Waals surface area contributed by atoms with Gasteiger partial charge in [0.15, 0.2) is 0 Å². The van der Waals surface area contributed by atoms with E-state index in [0.717, 1.165) is 17.7 Å². The lowest BCUT2D eigenvalue weighted by Gasteiger charge is -2.16. The van der Waals surface area contributed by atoms with Crippen molar-refractivity contribution in [3.05, 3.63) is 34.9 Å². The minimum atomic E-state index is 0.0673. The molecule has 2 rings (SSSR count). The molecule has 0 saturated carbocycles. The largest absolute Gasteiger partial charge is 0.328 e. The molecule has 0 fully saturated rings. The van der Waals surface area contributed by atoms with Gasteiger partial charge in [0.05, 0.1) is 17.9 Å². The van der Waals surface area contributed by atoms with Crippen molar-refractivity contribution >= 4 is 0 Å². The lowest BCUT2D eigenvalue weighted by molar-refractivity contribution is 0.515. The van der Waals surface area contributed by atoms with Crippen LogP contribution in [0, 0.1) is 13.8 Å². The van der Waals surface area contributed by atoms with Crippen molar-refractivity contribution in [1.29, 1.82) is 0 Å². The Morgan fingerprint density at radius 1 is 1.39 bits per heavy atom. The van der Waals surface area contributed by atoms with Crippen molar-refractivity contribution in [2.75, 3.05) is 6.54 Å². The predicted molar refractivity (Wildman–Crippen MR) is 71.5 cm³/mol. The van der Waals surface area contributed by atoms with Crippen LogP contribution in [0.25, 0.3) is 0 Å². The Labute approximate surface area is 108 Å². The third kappa shape index (κ3) is 2.06. The Balaban J connectivity index is 2.45. The van der Waals surface area contributed by atoms with Crippen molar-refractivity contribution in [2.45, 2.75) is 33.2 Å². The highest BCUT2D eigenvalue weighted by atomic mass is 15.3. The van der Waals surface area contributed by atoms with E-state index in [1.54, 1.807) is 4.68 Å². The molecule has 1 atom stereocenters. The highest BCUT2D eigenvalue weighted by Crippen LogP contribution is 2.22. The predicted octanol–water partition coefficient (Wildman–Crippen LogP) is 1.34. The summed E-state index contributed by atoms with van der Waals surface area (Å²) in [5.41, 5.74) is 10.6. The Hall–Kier alpha value is -1.62. The molecular formula is C13H21N5. The quantitative estimate of drug-likeness (QED) is 0.887. The Kier molecular flexibility index (Phi) is 3.52. The van der Waals surface area contributed by atoms with Gasteiger partial charge in [0.1, 0.15) is 0 Å². The fraction of sp³-hybridized carbons (Fsp3) is 0.538. The molecule has 2 N–H and O–H groups in total. The van der Waals surface area contributed by atoms with Gasteiger partial charge in [-0.25, -0.2) is 0 Å². The van der Waals surface area contributed by atoms with E-state index in [1.165, 1.54) is 11.3 Å². The second-order valence-electron chi connectivity index (χ2n) is 4.65. The molecule has 0 radical (unpaired) electrons. The van der Waals surface area contributed by atoms with Gasteiger partial charge in [0.25, 0.3) is 0 Å². The third-order valence-corrected chi connectivity index (χ3v) is 3.46. The first-order valence-electron chi connectivity index (χ1n) is 6.31. The van der Waals surface area contributed by atoms with Crippen LogP contribution in [-0.2, 0) is 13.5 Å². The van der Waals surface area contributed by atoms with Crippen LogP contribution in [0.2, 0.25) is 0 Å². The maximum atomic E-state index is 5.92. The lowest BCUT2D eigenvalue weighted by atomic mass is 10.1. The van der Waals surface area contributed by atoms with Gasteiger partial charge in [0, 0.05) is 31.0 Å². The lowest BCUT2D eigenvalue weighted by Crippen LogP contribution is -2.22. The first-order chi connectivity index (χ1) is 8.58. The topological polar surface area (TPSA) is 61.7 Å². The van der Waals surface area contributed by atoms with E-state index in [2.05, 4.69) is 31.0 Å². The van der Waals surface area contributed by atoms with Crippen LogP contribution in [0.1, 0.15) is 35.5 Å². The number of hydrogen-bond acceptors (Lipinski definition) is 3. The van der Waals surface area contributed by atoms with Gasteiger partial charge in [-0.3, -0.25) is 9.36 Å². The van der Waals surface area contributed by atoms with Crippen molar-refractivity contribution in [3.63, 3.8) is 0 Å². The normalized spacial score (nSPS) is 12.9. The van der Waals surface area contributed by atoms with Crippen LogP contribution in [0.15, 0.2) is 12.4 Å². The molecule has 5 nitrogen and oxygen atoms in total. The van der Waals surface area contributed by atoms with Gasteiger partial charge in [0.2, 0.25) is 0 Å². The second-order valence-corrected chi connectivity index (χ2v) is 4.65. The van der Waals surface area contributed by atoms with E-state index < -0.39 is 0 Å². The molecule has 0 aromatic carbocycles. The van der Waals surface area contributed by atoms with E-state index in [4.69, 9.17) is 5.73 Å². The molecule has 0 amide bonds. The van der Waals surface area contributed by atoms with Gasteiger partial charge in [-0.1, -0.05) is 6.92 Å². The molecule has 98 valence electrons. The van der Waals surface area contributed by atoms with Crippen LogP contribution in [0.3, 0.4) is 0 Å². The third-order valence-electron chi connectivity index (χ3n) is 3.46. The SMILES string of the molecule is CCc1c(C)nn(C(CN)c2cnn(C)c2)c1C.